The fourth-order valence-corrected chi connectivity index (χ4v) is 1.66. The predicted octanol–water partition coefficient (Wildman–Crippen LogP) is 2.61. The van der Waals surface area contributed by atoms with Gasteiger partial charge in [-0.1, -0.05) is 15.9 Å². The van der Waals surface area contributed by atoms with Crippen molar-refractivity contribution in [3.63, 3.8) is 0 Å². The van der Waals surface area contributed by atoms with Crippen molar-refractivity contribution in [2.75, 3.05) is 0 Å². The molecule has 0 aliphatic carbocycles. The van der Waals surface area contributed by atoms with Crippen molar-refractivity contribution in [1.29, 1.82) is 0 Å². The summed E-state index contributed by atoms with van der Waals surface area (Å²) in [6.07, 6.45) is 2.75. The lowest BCUT2D eigenvalue weighted by molar-refractivity contribution is 0.397. The van der Waals surface area contributed by atoms with Gasteiger partial charge in [0.15, 0.2) is 11.6 Å². The first-order valence-corrected chi connectivity index (χ1v) is 5.62. The molecule has 0 amide bonds. The van der Waals surface area contributed by atoms with Crippen LogP contribution >= 0.6 is 15.9 Å². The lowest BCUT2D eigenvalue weighted by atomic mass is 10.3. The van der Waals surface area contributed by atoms with Crippen LogP contribution in [0.15, 0.2) is 33.8 Å². The zero-order valence-corrected chi connectivity index (χ0v) is 10.7. The summed E-state index contributed by atoms with van der Waals surface area (Å²) < 4.78 is 33.1. The number of hydrogen-bond donors (Lipinski definition) is 0. The van der Waals surface area contributed by atoms with Crippen LogP contribution in [0.1, 0.15) is 0 Å². The number of ether oxygens (including phenoxy) is 1. The zero-order chi connectivity index (χ0) is 13.3. The highest BCUT2D eigenvalue weighted by Crippen LogP contribution is 2.27. The third-order valence-corrected chi connectivity index (χ3v) is 2.61. The first-order chi connectivity index (χ1) is 8.49. The standard InChI is InChI=1S/C11H7BrF2N2O2/c1-16-3-2-15-10(11(16)17)18-8-5-6(12)4-7(13)9(8)14/h2-5H,1H3. The molecule has 0 bridgehead atoms. The van der Waals surface area contributed by atoms with Crippen LogP contribution in [0.4, 0.5) is 8.78 Å². The van der Waals surface area contributed by atoms with Crippen LogP contribution in [-0.4, -0.2) is 9.55 Å². The number of nitrogens with zero attached hydrogens (tertiary/aromatic N) is 2. The Labute approximate surface area is 109 Å². The van der Waals surface area contributed by atoms with Crippen molar-refractivity contribution in [3.05, 3.63) is 51.0 Å². The van der Waals surface area contributed by atoms with E-state index < -0.39 is 22.9 Å². The molecule has 0 spiro atoms. The van der Waals surface area contributed by atoms with Crippen LogP contribution < -0.4 is 10.3 Å². The molecule has 2 aromatic rings. The van der Waals surface area contributed by atoms with Gasteiger partial charge in [0.05, 0.1) is 0 Å². The number of rotatable bonds is 2. The van der Waals surface area contributed by atoms with Crippen LogP contribution in [0.5, 0.6) is 11.6 Å². The number of aryl methyl sites for hydroxylation is 1. The Kier molecular flexibility index (Phi) is 3.42. The van der Waals surface area contributed by atoms with Gasteiger partial charge in [0.1, 0.15) is 0 Å². The van der Waals surface area contributed by atoms with Gasteiger partial charge in [-0.25, -0.2) is 9.37 Å². The van der Waals surface area contributed by atoms with Gasteiger partial charge in [0.25, 0.3) is 5.88 Å². The molecule has 4 nitrogen and oxygen atoms in total. The molecule has 0 saturated heterocycles. The van der Waals surface area contributed by atoms with Crippen molar-refractivity contribution in [3.8, 4) is 11.6 Å². The SMILES string of the molecule is Cn1ccnc(Oc2cc(Br)cc(F)c2F)c1=O. The van der Waals surface area contributed by atoms with Crippen LogP contribution in [0.25, 0.3) is 0 Å². The Bertz CT molecular complexity index is 658. The van der Waals surface area contributed by atoms with E-state index in [9.17, 15) is 13.6 Å². The van der Waals surface area contributed by atoms with E-state index in [0.29, 0.717) is 4.47 Å². The molecule has 2 rings (SSSR count). The summed E-state index contributed by atoms with van der Waals surface area (Å²) in [5, 5.41) is 0. The van der Waals surface area contributed by atoms with E-state index >= 15 is 0 Å². The van der Waals surface area contributed by atoms with Crippen molar-refractivity contribution in [1.82, 2.24) is 9.55 Å². The molecule has 0 atom stereocenters. The van der Waals surface area contributed by atoms with Crippen LogP contribution in [0.2, 0.25) is 0 Å². The Morgan fingerprint density at radius 2 is 2.11 bits per heavy atom. The molecule has 18 heavy (non-hydrogen) atoms. The molecule has 0 unspecified atom stereocenters. The van der Waals surface area contributed by atoms with Crippen molar-refractivity contribution in [2.45, 2.75) is 0 Å². The Balaban J connectivity index is 2.46. The van der Waals surface area contributed by atoms with Crippen molar-refractivity contribution in [2.24, 2.45) is 7.05 Å². The number of hydrogen-bond acceptors (Lipinski definition) is 3. The van der Waals surface area contributed by atoms with E-state index in [1.54, 1.807) is 0 Å². The molecule has 0 N–H and O–H groups in total. The normalized spacial score (nSPS) is 10.4. The molecule has 1 aromatic heterocycles. The molecular weight excluding hydrogens is 310 g/mol. The average Bonchev–Trinajstić information content (AvgIpc) is 2.31. The molecule has 1 aromatic carbocycles. The highest BCUT2D eigenvalue weighted by atomic mass is 79.9. The molecule has 7 heteroatoms. The number of aromatic nitrogens is 2. The second-order valence-corrected chi connectivity index (χ2v) is 4.37. The number of halogens is 3. The van der Waals surface area contributed by atoms with Gasteiger partial charge in [0, 0.05) is 23.9 Å². The second-order valence-electron chi connectivity index (χ2n) is 3.45. The largest absolute Gasteiger partial charge is 0.431 e. The van der Waals surface area contributed by atoms with Gasteiger partial charge in [-0.2, -0.15) is 4.39 Å². The average molecular weight is 317 g/mol. The molecule has 0 radical (unpaired) electrons. The smallest absolute Gasteiger partial charge is 0.313 e. The minimum absolute atomic E-state index is 0.296. The third kappa shape index (κ3) is 2.40. The minimum atomic E-state index is -1.18. The van der Waals surface area contributed by atoms with Gasteiger partial charge in [0.2, 0.25) is 5.82 Å². The zero-order valence-electron chi connectivity index (χ0n) is 9.15. The van der Waals surface area contributed by atoms with Gasteiger partial charge < -0.3 is 9.30 Å². The molecule has 0 fully saturated rings. The van der Waals surface area contributed by atoms with E-state index in [1.807, 2.05) is 0 Å². The molecule has 0 saturated carbocycles. The molecule has 94 valence electrons. The lowest BCUT2D eigenvalue weighted by Gasteiger charge is -2.07. The summed E-state index contributed by atoms with van der Waals surface area (Å²) >= 11 is 3.00. The van der Waals surface area contributed by atoms with E-state index in [1.165, 1.54) is 30.1 Å². The topological polar surface area (TPSA) is 44.1 Å². The quantitative estimate of drug-likeness (QED) is 0.800. The Morgan fingerprint density at radius 3 is 2.83 bits per heavy atom. The first-order valence-electron chi connectivity index (χ1n) is 4.83. The highest BCUT2D eigenvalue weighted by Gasteiger charge is 2.14. The monoisotopic (exact) mass is 316 g/mol. The molecule has 0 aliphatic rings. The Hall–Kier alpha value is -1.76. The van der Waals surface area contributed by atoms with Gasteiger partial charge >= 0.3 is 5.56 Å². The van der Waals surface area contributed by atoms with E-state index in [-0.39, 0.29) is 5.88 Å². The molecule has 1 heterocycles. The van der Waals surface area contributed by atoms with Gasteiger partial charge in [-0.05, 0) is 12.1 Å². The fraction of sp³-hybridized carbons (Fsp3) is 0.0909. The molecular formula is C11H7BrF2N2O2. The van der Waals surface area contributed by atoms with E-state index in [2.05, 4.69) is 20.9 Å². The summed E-state index contributed by atoms with van der Waals surface area (Å²) in [5.74, 6) is -2.98. The fourth-order valence-electron chi connectivity index (χ4n) is 1.26. The van der Waals surface area contributed by atoms with E-state index in [0.717, 1.165) is 6.07 Å². The summed E-state index contributed by atoms with van der Waals surface area (Å²) in [7, 11) is 1.49. The van der Waals surface area contributed by atoms with Crippen molar-refractivity contribution < 1.29 is 13.5 Å². The highest BCUT2D eigenvalue weighted by molar-refractivity contribution is 9.10. The van der Waals surface area contributed by atoms with Gasteiger partial charge in [-0.3, -0.25) is 4.79 Å². The van der Waals surface area contributed by atoms with Crippen LogP contribution in [0, 0.1) is 11.6 Å². The minimum Gasteiger partial charge on any atom is -0.431 e. The lowest BCUT2D eigenvalue weighted by Crippen LogP contribution is -2.18. The third-order valence-electron chi connectivity index (χ3n) is 2.15. The first kappa shape index (κ1) is 12.7. The summed E-state index contributed by atoms with van der Waals surface area (Å²) in [4.78, 5) is 15.3. The number of benzene rings is 1. The maximum Gasteiger partial charge on any atom is 0.313 e. The Morgan fingerprint density at radius 1 is 1.39 bits per heavy atom. The summed E-state index contributed by atoms with van der Waals surface area (Å²) in [5.41, 5.74) is -0.544. The predicted molar refractivity (Wildman–Crippen MR) is 63.6 cm³/mol. The summed E-state index contributed by atoms with van der Waals surface area (Å²) in [6, 6.07) is 2.17. The van der Waals surface area contributed by atoms with Crippen molar-refractivity contribution >= 4 is 15.9 Å². The maximum absolute atomic E-state index is 13.4. The molecule has 0 aliphatic heterocycles. The van der Waals surface area contributed by atoms with Crippen LogP contribution in [0.3, 0.4) is 0 Å². The maximum atomic E-state index is 13.4. The van der Waals surface area contributed by atoms with Crippen LogP contribution in [-0.2, 0) is 7.05 Å². The second kappa shape index (κ2) is 4.85. The van der Waals surface area contributed by atoms with Gasteiger partial charge in [-0.15, -0.1) is 0 Å². The summed E-state index contributed by atoms with van der Waals surface area (Å²) in [6.45, 7) is 0. The van der Waals surface area contributed by atoms with E-state index in [4.69, 9.17) is 4.74 Å².